The third kappa shape index (κ3) is 5.55. The summed E-state index contributed by atoms with van der Waals surface area (Å²) in [5.74, 6) is -0.297. The number of halogens is 2. The van der Waals surface area contributed by atoms with E-state index in [4.69, 9.17) is 4.74 Å². The number of ether oxygens (including phenoxy) is 1. The predicted octanol–water partition coefficient (Wildman–Crippen LogP) is 0.304. The fourth-order valence-electron chi connectivity index (χ4n) is 4.14. The van der Waals surface area contributed by atoms with E-state index < -0.39 is 0 Å². The first kappa shape index (κ1) is 22.2. The van der Waals surface area contributed by atoms with Crippen LogP contribution in [0.25, 0.3) is 0 Å². The highest BCUT2D eigenvalue weighted by atomic mass is 19.1. The van der Waals surface area contributed by atoms with Gasteiger partial charge in [0.2, 0.25) is 0 Å². The first-order chi connectivity index (χ1) is 14.4. The normalized spacial score (nSPS) is 19.9. The summed E-state index contributed by atoms with van der Waals surface area (Å²) < 4.78 is 32.3. The number of rotatable bonds is 7. The summed E-state index contributed by atoms with van der Waals surface area (Å²) >= 11 is 0. The SMILES string of the molecule is COc1ccc(C[NH+]2CC[NH+]([C@H](C)C(=O)N(C)Cc3cccc(F)c3)CC2)cc1F. The predicted molar refractivity (Wildman–Crippen MR) is 110 cm³/mol. The van der Waals surface area contributed by atoms with E-state index in [1.165, 1.54) is 29.0 Å². The summed E-state index contributed by atoms with van der Waals surface area (Å²) in [6, 6.07) is 11.3. The van der Waals surface area contributed by atoms with Crippen molar-refractivity contribution in [2.45, 2.75) is 26.1 Å². The number of likely N-dealkylation sites (N-methyl/N-ethyl adjacent to an activating group) is 1. The number of hydrogen-bond donors (Lipinski definition) is 2. The molecule has 0 saturated carbocycles. The Morgan fingerprint density at radius 1 is 1.10 bits per heavy atom. The van der Waals surface area contributed by atoms with Gasteiger partial charge in [-0.05, 0) is 42.8 Å². The van der Waals surface area contributed by atoms with Crippen LogP contribution in [-0.4, -0.2) is 57.2 Å². The van der Waals surface area contributed by atoms with Crippen molar-refractivity contribution < 1.29 is 28.1 Å². The molecule has 2 N–H and O–H groups in total. The smallest absolute Gasteiger partial charge is 0.280 e. The molecule has 0 spiro atoms. The van der Waals surface area contributed by atoms with E-state index in [1.54, 1.807) is 30.1 Å². The minimum Gasteiger partial charge on any atom is -0.494 e. The molecule has 1 heterocycles. The topological polar surface area (TPSA) is 38.4 Å². The Bertz CT molecular complexity index is 869. The fraction of sp³-hybridized carbons (Fsp3) is 0.435. The highest BCUT2D eigenvalue weighted by molar-refractivity contribution is 5.79. The van der Waals surface area contributed by atoms with Crippen molar-refractivity contribution in [3.63, 3.8) is 0 Å². The largest absolute Gasteiger partial charge is 0.494 e. The van der Waals surface area contributed by atoms with E-state index >= 15 is 0 Å². The Hall–Kier alpha value is -2.51. The summed E-state index contributed by atoms with van der Waals surface area (Å²) in [5, 5.41) is 0. The van der Waals surface area contributed by atoms with Crippen LogP contribution in [0.1, 0.15) is 18.1 Å². The Morgan fingerprint density at radius 3 is 2.47 bits per heavy atom. The molecular weight excluding hydrogens is 388 g/mol. The number of carbonyl (C=O) groups is 1. The number of methoxy groups -OCH3 is 1. The Labute approximate surface area is 176 Å². The standard InChI is InChI=1S/C23H29F2N3O2/c1-17(23(29)26(2)15-18-5-4-6-20(24)13-18)28-11-9-27(10-12-28)16-19-7-8-22(30-3)21(25)14-19/h4-8,13-14,17H,9-12,15-16H2,1-3H3/p+2/t17-/m1/s1. The van der Waals surface area contributed by atoms with Gasteiger partial charge in [0, 0.05) is 19.2 Å². The molecule has 2 aromatic rings. The Balaban J connectivity index is 1.50. The van der Waals surface area contributed by atoms with Gasteiger partial charge in [-0.1, -0.05) is 12.1 Å². The van der Waals surface area contributed by atoms with Gasteiger partial charge in [-0.3, -0.25) is 4.79 Å². The second-order valence-electron chi connectivity index (χ2n) is 8.10. The van der Waals surface area contributed by atoms with E-state index in [9.17, 15) is 13.6 Å². The molecule has 3 rings (SSSR count). The molecule has 1 amide bonds. The van der Waals surface area contributed by atoms with Gasteiger partial charge in [-0.15, -0.1) is 0 Å². The van der Waals surface area contributed by atoms with Crippen LogP contribution in [0.5, 0.6) is 5.75 Å². The molecule has 2 aromatic carbocycles. The van der Waals surface area contributed by atoms with Gasteiger partial charge >= 0.3 is 0 Å². The molecular formula is C23H31F2N3O2+2. The zero-order valence-electron chi connectivity index (χ0n) is 17.9. The van der Waals surface area contributed by atoms with Crippen LogP contribution < -0.4 is 14.5 Å². The molecule has 30 heavy (non-hydrogen) atoms. The van der Waals surface area contributed by atoms with Crippen molar-refractivity contribution in [2.24, 2.45) is 0 Å². The average molecular weight is 420 g/mol. The molecule has 0 aromatic heterocycles. The van der Waals surface area contributed by atoms with Crippen LogP contribution in [0.2, 0.25) is 0 Å². The summed E-state index contributed by atoms with van der Waals surface area (Å²) in [6.07, 6.45) is 0. The van der Waals surface area contributed by atoms with Gasteiger partial charge in [0.1, 0.15) is 38.5 Å². The van der Waals surface area contributed by atoms with Crippen molar-refractivity contribution in [3.05, 3.63) is 65.2 Å². The molecule has 1 saturated heterocycles. The first-order valence-electron chi connectivity index (χ1n) is 10.4. The van der Waals surface area contributed by atoms with E-state index in [0.717, 1.165) is 43.9 Å². The molecule has 162 valence electrons. The maximum atomic E-state index is 13.9. The number of piperazine rings is 1. The molecule has 1 atom stereocenters. The van der Waals surface area contributed by atoms with E-state index in [0.29, 0.717) is 6.54 Å². The number of nitrogens with zero attached hydrogens (tertiary/aromatic N) is 1. The van der Waals surface area contributed by atoms with Crippen molar-refractivity contribution >= 4 is 5.91 Å². The second-order valence-corrected chi connectivity index (χ2v) is 8.10. The fourth-order valence-corrected chi connectivity index (χ4v) is 4.14. The summed E-state index contributed by atoms with van der Waals surface area (Å²) in [7, 11) is 3.23. The molecule has 7 heteroatoms. The number of amides is 1. The van der Waals surface area contributed by atoms with Gasteiger partial charge in [0.05, 0.1) is 7.11 Å². The summed E-state index contributed by atoms with van der Waals surface area (Å²) in [4.78, 5) is 17.2. The van der Waals surface area contributed by atoms with Crippen molar-refractivity contribution in [1.82, 2.24) is 4.90 Å². The van der Waals surface area contributed by atoms with Crippen LogP contribution in [0, 0.1) is 11.6 Å². The van der Waals surface area contributed by atoms with Crippen molar-refractivity contribution in [3.8, 4) is 5.75 Å². The maximum absolute atomic E-state index is 13.9. The van der Waals surface area contributed by atoms with Crippen molar-refractivity contribution in [1.29, 1.82) is 0 Å². The third-order valence-corrected chi connectivity index (χ3v) is 5.94. The van der Waals surface area contributed by atoms with Crippen LogP contribution in [0.15, 0.2) is 42.5 Å². The van der Waals surface area contributed by atoms with Gasteiger partial charge in [0.25, 0.3) is 5.91 Å². The highest BCUT2D eigenvalue weighted by Gasteiger charge is 2.32. The number of carbonyl (C=O) groups excluding carboxylic acids is 1. The van der Waals surface area contributed by atoms with Crippen LogP contribution in [0.4, 0.5) is 8.78 Å². The summed E-state index contributed by atoms with van der Waals surface area (Å²) in [6.45, 7) is 6.74. The quantitative estimate of drug-likeness (QED) is 0.678. The van der Waals surface area contributed by atoms with Gasteiger partial charge in [0.15, 0.2) is 17.6 Å². The molecule has 1 fully saturated rings. The van der Waals surface area contributed by atoms with Crippen LogP contribution >= 0.6 is 0 Å². The average Bonchev–Trinajstić information content (AvgIpc) is 2.73. The number of nitrogens with one attached hydrogen (secondary N) is 2. The minimum atomic E-state index is -0.334. The molecule has 0 bridgehead atoms. The lowest BCUT2D eigenvalue weighted by atomic mass is 10.1. The van der Waals surface area contributed by atoms with Crippen LogP contribution in [-0.2, 0) is 17.9 Å². The minimum absolute atomic E-state index is 0.0648. The maximum Gasteiger partial charge on any atom is 0.280 e. The molecule has 0 radical (unpaired) electrons. The van der Waals surface area contributed by atoms with E-state index in [2.05, 4.69) is 0 Å². The van der Waals surface area contributed by atoms with Gasteiger partial charge in [-0.25, -0.2) is 8.78 Å². The zero-order chi connectivity index (χ0) is 21.7. The van der Waals surface area contributed by atoms with Crippen molar-refractivity contribution in [2.75, 3.05) is 40.3 Å². The lowest BCUT2D eigenvalue weighted by Gasteiger charge is -2.34. The lowest BCUT2D eigenvalue weighted by molar-refractivity contribution is -1.02. The number of hydrogen-bond acceptors (Lipinski definition) is 2. The van der Waals surface area contributed by atoms with Gasteiger partial charge < -0.3 is 19.4 Å². The third-order valence-electron chi connectivity index (χ3n) is 5.94. The molecule has 1 aliphatic heterocycles. The molecule has 0 unspecified atom stereocenters. The van der Waals surface area contributed by atoms with Gasteiger partial charge in [-0.2, -0.15) is 0 Å². The Morgan fingerprint density at radius 2 is 1.83 bits per heavy atom. The number of quaternary nitrogens is 2. The lowest BCUT2D eigenvalue weighted by Crippen LogP contribution is -3.29. The summed E-state index contributed by atoms with van der Waals surface area (Å²) in [5.41, 5.74) is 1.74. The molecule has 5 nitrogen and oxygen atoms in total. The zero-order valence-corrected chi connectivity index (χ0v) is 17.9. The monoisotopic (exact) mass is 419 g/mol. The molecule has 0 aliphatic carbocycles. The van der Waals surface area contributed by atoms with E-state index in [1.807, 2.05) is 19.1 Å². The second kappa shape index (κ2) is 10.00. The van der Waals surface area contributed by atoms with E-state index in [-0.39, 0.29) is 29.3 Å². The molecule has 1 aliphatic rings. The highest BCUT2D eigenvalue weighted by Crippen LogP contribution is 2.17. The number of benzene rings is 2. The first-order valence-corrected chi connectivity index (χ1v) is 10.4. The Kier molecular flexibility index (Phi) is 7.39. The van der Waals surface area contributed by atoms with Crippen LogP contribution in [0.3, 0.4) is 0 Å².